The molecule has 29 heavy (non-hydrogen) atoms. The van der Waals surface area contributed by atoms with Gasteiger partial charge in [-0.2, -0.15) is 0 Å². The second-order valence-corrected chi connectivity index (χ2v) is 11.4. The summed E-state index contributed by atoms with van der Waals surface area (Å²) in [6.45, 7) is 0.767. The Morgan fingerprint density at radius 3 is 2.93 bits per heavy atom. The molecule has 0 spiro atoms. The van der Waals surface area contributed by atoms with E-state index in [0.717, 1.165) is 48.9 Å². The molecule has 4 rings (SSSR count). The van der Waals surface area contributed by atoms with E-state index in [1.165, 1.54) is 44.3 Å². The van der Waals surface area contributed by atoms with Gasteiger partial charge in [0.15, 0.2) is 5.65 Å². The highest BCUT2D eigenvalue weighted by Gasteiger charge is 2.34. The zero-order chi connectivity index (χ0) is 19.9. The van der Waals surface area contributed by atoms with Crippen molar-refractivity contribution in [1.29, 1.82) is 0 Å². The van der Waals surface area contributed by atoms with Crippen LogP contribution >= 0.6 is 21.6 Å². The number of pyridine rings is 1. The van der Waals surface area contributed by atoms with Gasteiger partial charge in [0.25, 0.3) is 0 Å². The van der Waals surface area contributed by atoms with Gasteiger partial charge in [-0.25, -0.2) is 0 Å². The van der Waals surface area contributed by atoms with Crippen LogP contribution in [-0.4, -0.2) is 38.1 Å². The fourth-order valence-corrected chi connectivity index (χ4v) is 7.69. The van der Waals surface area contributed by atoms with Crippen molar-refractivity contribution in [3.05, 3.63) is 30.2 Å². The van der Waals surface area contributed by atoms with Gasteiger partial charge in [0.05, 0.1) is 0 Å². The molecule has 1 saturated carbocycles. The summed E-state index contributed by atoms with van der Waals surface area (Å²) in [6, 6.07) is 6.02. The molecule has 1 aliphatic heterocycles. The molecule has 0 radical (unpaired) electrons. The van der Waals surface area contributed by atoms with Crippen LogP contribution in [0.25, 0.3) is 5.65 Å². The van der Waals surface area contributed by atoms with Crippen molar-refractivity contribution < 1.29 is 4.79 Å². The van der Waals surface area contributed by atoms with Crippen LogP contribution in [0.15, 0.2) is 24.4 Å². The Labute approximate surface area is 181 Å². The van der Waals surface area contributed by atoms with Gasteiger partial charge in [-0.15, -0.1) is 10.2 Å². The summed E-state index contributed by atoms with van der Waals surface area (Å²) >= 11 is 0. The molecule has 0 unspecified atom stereocenters. The number of aromatic nitrogens is 3. The molecule has 1 N–H and O–H groups in total. The molecular weight excluding hydrogens is 400 g/mol. The minimum atomic E-state index is 0.116. The average Bonchev–Trinajstić information content (AvgIpc) is 3.41. The van der Waals surface area contributed by atoms with Crippen LogP contribution in [-0.2, 0) is 11.2 Å². The molecule has 1 aliphatic carbocycles. The minimum Gasteiger partial charge on any atom is -0.356 e. The third kappa shape index (κ3) is 5.69. The largest absolute Gasteiger partial charge is 0.356 e. The zero-order valence-electron chi connectivity index (χ0n) is 17.1. The number of nitrogens with one attached hydrogen (secondary N) is 1. The predicted octanol–water partition coefficient (Wildman–Crippen LogP) is 5.05. The smallest absolute Gasteiger partial charge is 0.220 e. The van der Waals surface area contributed by atoms with Gasteiger partial charge in [0, 0.05) is 36.6 Å². The SMILES string of the molecule is O=C(CCCC[C@H]1CCSS1)NCC1(Cc2nnc3ccccn23)CCCCC1. The molecule has 3 heterocycles. The molecular formula is C22H32N4OS2. The maximum Gasteiger partial charge on any atom is 0.220 e. The molecule has 1 amide bonds. The van der Waals surface area contributed by atoms with Crippen molar-refractivity contribution in [1.82, 2.24) is 19.9 Å². The van der Waals surface area contributed by atoms with E-state index >= 15 is 0 Å². The number of rotatable bonds is 9. The fourth-order valence-electron chi connectivity index (χ4n) is 4.66. The van der Waals surface area contributed by atoms with Gasteiger partial charge in [-0.3, -0.25) is 9.20 Å². The van der Waals surface area contributed by atoms with Gasteiger partial charge in [-0.05, 0) is 49.7 Å². The first-order valence-corrected chi connectivity index (χ1v) is 13.5. The van der Waals surface area contributed by atoms with Crippen LogP contribution < -0.4 is 5.32 Å². The molecule has 1 atom stereocenters. The Balaban J connectivity index is 1.29. The lowest BCUT2D eigenvalue weighted by Gasteiger charge is -2.37. The summed E-state index contributed by atoms with van der Waals surface area (Å²) in [5.41, 5.74) is 1.01. The summed E-state index contributed by atoms with van der Waals surface area (Å²) in [5, 5.41) is 12.9. The Morgan fingerprint density at radius 2 is 2.10 bits per heavy atom. The third-order valence-electron chi connectivity index (χ3n) is 6.40. The summed E-state index contributed by atoms with van der Waals surface area (Å²) in [7, 11) is 4.03. The van der Waals surface area contributed by atoms with Crippen LogP contribution in [0.2, 0.25) is 0 Å². The number of hydrogen-bond acceptors (Lipinski definition) is 5. The number of carbonyl (C=O) groups is 1. The first-order valence-electron chi connectivity index (χ1n) is 11.1. The number of amides is 1. The van der Waals surface area contributed by atoms with Crippen LogP contribution in [0, 0.1) is 5.41 Å². The van der Waals surface area contributed by atoms with E-state index in [0.29, 0.717) is 6.42 Å². The van der Waals surface area contributed by atoms with E-state index in [-0.39, 0.29) is 11.3 Å². The summed E-state index contributed by atoms with van der Waals surface area (Å²) < 4.78 is 2.09. The normalized spacial score (nSPS) is 21.4. The van der Waals surface area contributed by atoms with Gasteiger partial charge in [0.2, 0.25) is 5.91 Å². The zero-order valence-corrected chi connectivity index (χ0v) is 18.8. The molecule has 7 heteroatoms. The second kappa shape index (κ2) is 10.2. The maximum atomic E-state index is 12.5. The second-order valence-electron chi connectivity index (χ2n) is 8.63. The standard InChI is InChI=1S/C22H32N4OS2/c27-21(10-3-2-8-18-11-15-28-29-18)23-17-22(12-5-1-6-13-22)16-20-25-24-19-9-4-7-14-26(19)20/h4,7,9,14,18H,1-3,5-6,8,10-13,15-17H2,(H,23,27)/t18-/m0/s1. The third-order valence-corrected chi connectivity index (χ3v) is 9.41. The first kappa shape index (κ1) is 21.0. The predicted molar refractivity (Wildman–Crippen MR) is 122 cm³/mol. The van der Waals surface area contributed by atoms with E-state index in [4.69, 9.17) is 0 Å². The quantitative estimate of drug-likeness (QED) is 0.444. The van der Waals surface area contributed by atoms with Gasteiger partial charge in [-0.1, -0.05) is 53.3 Å². The van der Waals surface area contributed by atoms with Crippen LogP contribution in [0.4, 0.5) is 0 Å². The monoisotopic (exact) mass is 432 g/mol. The van der Waals surface area contributed by atoms with E-state index in [1.54, 1.807) is 0 Å². The number of carbonyl (C=O) groups excluding carboxylic acids is 1. The van der Waals surface area contributed by atoms with Gasteiger partial charge in [0.1, 0.15) is 5.82 Å². The summed E-state index contributed by atoms with van der Waals surface area (Å²) in [6.07, 6.45) is 14.5. The van der Waals surface area contributed by atoms with E-state index in [9.17, 15) is 4.79 Å². The lowest BCUT2D eigenvalue weighted by atomic mass is 9.71. The van der Waals surface area contributed by atoms with E-state index in [1.807, 2.05) is 46.0 Å². The average molecular weight is 433 g/mol. The maximum absolute atomic E-state index is 12.5. The molecule has 2 aromatic rings. The van der Waals surface area contributed by atoms with Crippen LogP contribution in [0.3, 0.4) is 0 Å². The molecule has 158 valence electrons. The fraction of sp³-hybridized carbons (Fsp3) is 0.682. The Hall–Kier alpha value is -1.21. The van der Waals surface area contributed by atoms with Crippen molar-refractivity contribution >= 4 is 33.1 Å². The Morgan fingerprint density at radius 1 is 1.21 bits per heavy atom. The Bertz CT molecular complexity index is 797. The van der Waals surface area contributed by atoms with E-state index < -0.39 is 0 Å². The van der Waals surface area contributed by atoms with Crippen molar-refractivity contribution in [3.8, 4) is 0 Å². The summed E-state index contributed by atoms with van der Waals surface area (Å²) in [4.78, 5) is 12.5. The topological polar surface area (TPSA) is 59.3 Å². The molecule has 2 aromatic heterocycles. The molecule has 5 nitrogen and oxygen atoms in total. The molecule has 2 aliphatic rings. The highest BCUT2D eigenvalue weighted by Crippen LogP contribution is 2.40. The lowest BCUT2D eigenvalue weighted by Crippen LogP contribution is -2.40. The van der Waals surface area contributed by atoms with Crippen molar-refractivity contribution in [3.63, 3.8) is 0 Å². The van der Waals surface area contributed by atoms with Crippen LogP contribution in [0.5, 0.6) is 0 Å². The minimum absolute atomic E-state index is 0.116. The van der Waals surface area contributed by atoms with Crippen molar-refractivity contribution in [2.75, 3.05) is 12.3 Å². The van der Waals surface area contributed by atoms with Crippen molar-refractivity contribution in [2.24, 2.45) is 5.41 Å². The van der Waals surface area contributed by atoms with Crippen LogP contribution in [0.1, 0.15) is 70.0 Å². The first-order chi connectivity index (χ1) is 14.2. The molecule has 1 saturated heterocycles. The van der Waals surface area contributed by atoms with Gasteiger partial charge < -0.3 is 5.32 Å². The van der Waals surface area contributed by atoms with Crippen molar-refractivity contribution in [2.45, 2.75) is 75.9 Å². The van der Waals surface area contributed by atoms with Gasteiger partial charge >= 0.3 is 0 Å². The Kier molecular flexibility index (Phi) is 7.40. The molecule has 0 aromatic carbocycles. The number of fused-ring (bicyclic) bond motifs is 1. The summed E-state index contributed by atoms with van der Waals surface area (Å²) in [5.74, 6) is 2.53. The number of hydrogen-bond donors (Lipinski definition) is 1. The number of nitrogens with zero attached hydrogens (tertiary/aromatic N) is 3. The van der Waals surface area contributed by atoms with E-state index in [2.05, 4.69) is 19.9 Å². The highest BCUT2D eigenvalue weighted by atomic mass is 33.1. The molecule has 2 fully saturated rings. The highest BCUT2D eigenvalue weighted by molar-refractivity contribution is 8.77. The lowest BCUT2D eigenvalue weighted by molar-refractivity contribution is -0.121. The molecule has 0 bridgehead atoms. The number of unbranched alkanes of at least 4 members (excludes halogenated alkanes) is 1.